The third-order valence-electron chi connectivity index (χ3n) is 1.98. The van der Waals surface area contributed by atoms with Crippen LogP contribution in [0.1, 0.15) is 41.0 Å². The third kappa shape index (κ3) is 6.80. The molecule has 16 heavy (non-hydrogen) atoms. The van der Waals surface area contributed by atoms with Crippen LogP contribution in [0.15, 0.2) is 0 Å². The van der Waals surface area contributed by atoms with E-state index in [2.05, 4.69) is 6.92 Å². The molecule has 1 aliphatic heterocycles. The van der Waals surface area contributed by atoms with Crippen LogP contribution in [0.2, 0.25) is 0 Å². The highest BCUT2D eigenvalue weighted by Crippen LogP contribution is 2.05. The zero-order valence-corrected chi connectivity index (χ0v) is 11.5. The molecule has 0 aromatic rings. The minimum Gasteiger partial charge on any atom is -0.365 e. The summed E-state index contributed by atoms with van der Waals surface area (Å²) in [5.41, 5.74) is 5.44. The number of hydrogen-bond acceptors (Lipinski definition) is 3. The molecule has 0 aromatic carbocycles. The molecule has 0 radical (unpaired) electrons. The molecule has 1 saturated heterocycles. The number of carbonyl (C=O) groups is 1. The van der Waals surface area contributed by atoms with Crippen LogP contribution in [-0.2, 0) is 9.53 Å². The van der Waals surface area contributed by atoms with Crippen LogP contribution >= 0.6 is 0 Å². The molecule has 0 saturated carbocycles. The van der Waals surface area contributed by atoms with Crippen molar-refractivity contribution >= 4 is 5.91 Å². The second-order valence-corrected chi connectivity index (χ2v) is 3.01. The summed E-state index contributed by atoms with van der Waals surface area (Å²) in [4.78, 5) is 13.0. The molecule has 1 atom stereocenters. The summed E-state index contributed by atoms with van der Waals surface area (Å²) >= 11 is 0. The molecule has 0 spiro atoms. The van der Waals surface area contributed by atoms with Gasteiger partial charge in [-0.15, -0.1) is 0 Å². The van der Waals surface area contributed by atoms with E-state index in [9.17, 15) is 4.79 Å². The average Bonchev–Trinajstić information content (AvgIpc) is 2.37. The van der Waals surface area contributed by atoms with Crippen molar-refractivity contribution < 1.29 is 9.53 Å². The molecule has 4 nitrogen and oxygen atoms in total. The van der Waals surface area contributed by atoms with Gasteiger partial charge in [-0.25, -0.2) is 0 Å². The summed E-state index contributed by atoms with van der Waals surface area (Å²) in [7, 11) is 0. The fraction of sp³-hybridized carbons (Fsp3) is 0.917. The van der Waals surface area contributed by atoms with Gasteiger partial charge in [-0.1, -0.05) is 34.6 Å². The van der Waals surface area contributed by atoms with Gasteiger partial charge >= 0.3 is 0 Å². The van der Waals surface area contributed by atoms with E-state index < -0.39 is 0 Å². The van der Waals surface area contributed by atoms with Crippen LogP contribution in [0, 0.1) is 0 Å². The predicted octanol–water partition coefficient (Wildman–Crippen LogP) is 1.63. The molecular weight excluding hydrogens is 204 g/mol. The summed E-state index contributed by atoms with van der Waals surface area (Å²) in [6.07, 6.45) is 1.03. The fourth-order valence-corrected chi connectivity index (χ4v) is 1.31. The lowest BCUT2D eigenvalue weighted by Crippen LogP contribution is -2.49. The first-order chi connectivity index (χ1) is 7.77. The van der Waals surface area contributed by atoms with Gasteiger partial charge in [0, 0.05) is 19.6 Å². The molecule has 1 heterocycles. The van der Waals surface area contributed by atoms with E-state index >= 15 is 0 Å². The lowest BCUT2D eigenvalue weighted by molar-refractivity contribution is -0.148. The number of rotatable bonds is 3. The lowest BCUT2D eigenvalue weighted by Gasteiger charge is -2.31. The van der Waals surface area contributed by atoms with Crippen LogP contribution < -0.4 is 5.73 Å². The summed E-state index contributed by atoms with van der Waals surface area (Å²) in [5.74, 6) is 0.0848. The van der Waals surface area contributed by atoms with Gasteiger partial charge in [0.15, 0.2) is 0 Å². The Morgan fingerprint density at radius 3 is 2.38 bits per heavy atom. The molecule has 1 rings (SSSR count). The Morgan fingerprint density at radius 1 is 1.38 bits per heavy atom. The average molecular weight is 232 g/mol. The Balaban J connectivity index is 0. The number of carbonyl (C=O) groups excluding carboxylic acids is 1. The smallest absolute Gasteiger partial charge is 0.248 e. The van der Waals surface area contributed by atoms with Gasteiger partial charge in [-0.05, 0) is 6.42 Å². The largest absolute Gasteiger partial charge is 0.365 e. The van der Waals surface area contributed by atoms with E-state index in [1.807, 2.05) is 32.6 Å². The minimum atomic E-state index is 0.0363. The van der Waals surface area contributed by atoms with Crippen LogP contribution in [0.3, 0.4) is 0 Å². The van der Waals surface area contributed by atoms with Crippen LogP contribution in [0.5, 0.6) is 0 Å². The number of hydrogen-bond donors (Lipinski definition) is 1. The van der Waals surface area contributed by atoms with E-state index in [1.54, 1.807) is 0 Å². The minimum absolute atomic E-state index is 0.0363. The van der Waals surface area contributed by atoms with E-state index in [1.165, 1.54) is 0 Å². The van der Waals surface area contributed by atoms with Crippen LogP contribution in [0.25, 0.3) is 0 Å². The van der Waals surface area contributed by atoms with Crippen molar-refractivity contribution in [2.45, 2.75) is 47.1 Å². The second kappa shape index (κ2) is 12.5. The Kier molecular flexibility index (Phi) is 13.8. The van der Waals surface area contributed by atoms with E-state index in [-0.39, 0.29) is 18.6 Å². The van der Waals surface area contributed by atoms with Crippen molar-refractivity contribution in [3.05, 3.63) is 0 Å². The van der Waals surface area contributed by atoms with E-state index in [0.29, 0.717) is 13.1 Å². The van der Waals surface area contributed by atoms with Crippen molar-refractivity contribution in [2.75, 3.05) is 26.2 Å². The number of amides is 1. The quantitative estimate of drug-likeness (QED) is 0.804. The van der Waals surface area contributed by atoms with Crippen LogP contribution in [-0.4, -0.2) is 43.2 Å². The number of nitrogens with zero attached hydrogens (tertiary/aromatic N) is 1. The summed E-state index contributed by atoms with van der Waals surface area (Å²) < 4.78 is 5.20. The molecular formula is C12H28N2O2. The van der Waals surface area contributed by atoms with Gasteiger partial charge in [-0.3, -0.25) is 4.79 Å². The normalized spacial score (nSPS) is 19.2. The summed E-state index contributed by atoms with van der Waals surface area (Å²) in [5, 5.41) is 0. The molecule has 0 aliphatic carbocycles. The molecule has 2 N–H and O–H groups in total. The van der Waals surface area contributed by atoms with Crippen molar-refractivity contribution in [3.8, 4) is 0 Å². The number of nitrogens with two attached hydrogens (primary N) is 1. The van der Waals surface area contributed by atoms with Gasteiger partial charge in [0.25, 0.3) is 0 Å². The van der Waals surface area contributed by atoms with Crippen molar-refractivity contribution in [2.24, 2.45) is 5.73 Å². The Bertz CT molecular complexity index is 163. The zero-order valence-electron chi connectivity index (χ0n) is 11.5. The fourth-order valence-electron chi connectivity index (χ4n) is 1.31. The predicted molar refractivity (Wildman–Crippen MR) is 68.4 cm³/mol. The first-order valence-corrected chi connectivity index (χ1v) is 6.37. The van der Waals surface area contributed by atoms with E-state index in [4.69, 9.17) is 10.5 Å². The first kappa shape index (κ1) is 17.8. The molecule has 1 unspecified atom stereocenters. The van der Waals surface area contributed by atoms with Crippen molar-refractivity contribution in [3.63, 3.8) is 0 Å². The highest BCUT2D eigenvalue weighted by atomic mass is 16.5. The molecule has 1 aliphatic rings. The van der Waals surface area contributed by atoms with Gasteiger partial charge in [0.2, 0.25) is 5.91 Å². The summed E-state index contributed by atoms with van der Waals surface area (Å²) in [6.45, 7) is 12.2. The molecule has 0 aromatic heterocycles. The Hall–Kier alpha value is -0.610. The summed E-state index contributed by atoms with van der Waals surface area (Å²) in [6, 6.07) is 0. The zero-order chi connectivity index (χ0) is 13.0. The maximum absolute atomic E-state index is 11.2. The lowest BCUT2D eigenvalue weighted by atomic mass is 10.2. The molecule has 1 fully saturated rings. The third-order valence-corrected chi connectivity index (χ3v) is 1.98. The maximum Gasteiger partial charge on any atom is 0.248 e. The van der Waals surface area contributed by atoms with Crippen LogP contribution in [0.4, 0.5) is 0 Å². The van der Waals surface area contributed by atoms with Gasteiger partial charge < -0.3 is 15.4 Å². The highest BCUT2D eigenvalue weighted by Gasteiger charge is 2.24. The first-order valence-electron chi connectivity index (χ1n) is 6.37. The maximum atomic E-state index is 11.2. The monoisotopic (exact) mass is 232 g/mol. The number of morpholine rings is 1. The number of ether oxygens (including phenoxy) is 1. The molecule has 4 heteroatoms. The van der Waals surface area contributed by atoms with E-state index in [0.717, 1.165) is 13.0 Å². The van der Waals surface area contributed by atoms with Gasteiger partial charge in [-0.2, -0.15) is 0 Å². The molecule has 1 amide bonds. The van der Waals surface area contributed by atoms with Crippen molar-refractivity contribution in [1.29, 1.82) is 0 Å². The molecule has 98 valence electrons. The Labute approximate surface area is 100 Å². The SMILES string of the molecule is CC.CC.CCCN1CC(CN)OCC1=O. The van der Waals surface area contributed by atoms with Crippen molar-refractivity contribution in [1.82, 2.24) is 4.90 Å². The topological polar surface area (TPSA) is 55.6 Å². The van der Waals surface area contributed by atoms with Gasteiger partial charge in [0.1, 0.15) is 6.61 Å². The second-order valence-electron chi connectivity index (χ2n) is 3.01. The Morgan fingerprint density at radius 2 is 1.94 bits per heavy atom. The standard InChI is InChI=1S/C8H16N2O2.2C2H6/c1-2-3-10-5-7(4-9)12-6-8(10)11;2*1-2/h7H,2-6,9H2,1H3;2*1-2H3. The highest BCUT2D eigenvalue weighted by molar-refractivity contribution is 5.78. The molecule has 0 bridgehead atoms. The van der Waals surface area contributed by atoms with Gasteiger partial charge in [0.05, 0.1) is 6.10 Å².